The molecule has 0 saturated heterocycles. The Kier molecular flexibility index (Phi) is 5.24. The van der Waals surface area contributed by atoms with Crippen molar-refractivity contribution in [3.63, 3.8) is 0 Å². The van der Waals surface area contributed by atoms with E-state index in [2.05, 4.69) is 10.4 Å². The van der Waals surface area contributed by atoms with Crippen molar-refractivity contribution in [3.8, 4) is 0 Å². The van der Waals surface area contributed by atoms with Crippen LogP contribution in [0.25, 0.3) is 0 Å². The third kappa shape index (κ3) is 4.08. The summed E-state index contributed by atoms with van der Waals surface area (Å²) in [7, 11) is 0. The number of nitrogens with one attached hydrogen (secondary N) is 1. The van der Waals surface area contributed by atoms with Crippen LogP contribution in [0.3, 0.4) is 0 Å². The van der Waals surface area contributed by atoms with E-state index in [9.17, 15) is 14.4 Å². The van der Waals surface area contributed by atoms with Crippen LogP contribution < -0.4 is 5.32 Å². The number of carbonyl (C=O) groups excluding carboxylic acids is 1. The van der Waals surface area contributed by atoms with Gasteiger partial charge in [0.15, 0.2) is 0 Å². The van der Waals surface area contributed by atoms with Crippen molar-refractivity contribution in [2.75, 3.05) is 0 Å². The maximum atomic E-state index is 12.0. The number of carboxylic acid groups (broad SMARTS) is 2. The molecule has 0 saturated carbocycles. The number of nitrogens with zero attached hydrogens (tertiary/aromatic N) is 2. The van der Waals surface area contributed by atoms with Gasteiger partial charge in [0.1, 0.15) is 11.7 Å². The second-order valence-electron chi connectivity index (χ2n) is 4.28. The fourth-order valence-electron chi connectivity index (χ4n) is 1.73. The van der Waals surface area contributed by atoms with E-state index in [1.54, 1.807) is 13.0 Å². The molecular weight excluding hydrogens is 266 g/mol. The molecular formula is C12H17N3O5. The van der Waals surface area contributed by atoms with Gasteiger partial charge in [-0.1, -0.05) is 0 Å². The lowest BCUT2D eigenvalue weighted by Crippen LogP contribution is -2.41. The minimum absolute atomic E-state index is 0.171. The van der Waals surface area contributed by atoms with Crippen molar-refractivity contribution < 1.29 is 24.6 Å². The average Bonchev–Trinajstić information content (AvgIpc) is 2.74. The molecule has 20 heavy (non-hydrogen) atoms. The van der Waals surface area contributed by atoms with Gasteiger partial charge in [0.2, 0.25) is 0 Å². The number of carboxylic acids is 2. The van der Waals surface area contributed by atoms with E-state index in [4.69, 9.17) is 10.2 Å². The lowest BCUT2D eigenvalue weighted by Gasteiger charge is -2.13. The maximum absolute atomic E-state index is 12.0. The summed E-state index contributed by atoms with van der Waals surface area (Å²) in [5, 5.41) is 23.9. The van der Waals surface area contributed by atoms with E-state index in [0.717, 1.165) is 0 Å². The van der Waals surface area contributed by atoms with Crippen LogP contribution in [0.2, 0.25) is 0 Å². The lowest BCUT2D eigenvalue weighted by atomic mass is 10.1. The van der Waals surface area contributed by atoms with Crippen molar-refractivity contribution in [1.82, 2.24) is 15.1 Å². The van der Waals surface area contributed by atoms with Gasteiger partial charge in [0, 0.05) is 13.0 Å². The van der Waals surface area contributed by atoms with Crippen LogP contribution in [0, 0.1) is 6.92 Å². The highest BCUT2D eigenvalue weighted by Gasteiger charge is 2.23. The first-order valence-corrected chi connectivity index (χ1v) is 6.15. The zero-order valence-corrected chi connectivity index (χ0v) is 11.3. The number of hydrogen-bond acceptors (Lipinski definition) is 4. The Morgan fingerprint density at radius 1 is 1.40 bits per heavy atom. The molecule has 8 nitrogen and oxygen atoms in total. The molecule has 1 aromatic rings. The van der Waals surface area contributed by atoms with Crippen LogP contribution in [0.4, 0.5) is 0 Å². The highest BCUT2D eigenvalue weighted by Crippen LogP contribution is 2.06. The molecule has 0 aliphatic heterocycles. The number of rotatable bonds is 7. The van der Waals surface area contributed by atoms with Crippen LogP contribution in [0.15, 0.2) is 6.07 Å². The fourth-order valence-corrected chi connectivity index (χ4v) is 1.73. The molecule has 1 amide bonds. The number of aliphatic carboxylic acids is 2. The molecule has 1 heterocycles. The molecule has 0 fully saturated rings. The Balaban J connectivity index is 2.79. The second-order valence-corrected chi connectivity index (χ2v) is 4.28. The van der Waals surface area contributed by atoms with Crippen LogP contribution in [-0.2, 0) is 16.1 Å². The molecule has 1 unspecified atom stereocenters. The third-order valence-corrected chi connectivity index (χ3v) is 2.68. The summed E-state index contributed by atoms with van der Waals surface area (Å²) in [5.74, 6) is -2.95. The Morgan fingerprint density at radius 2 is 2.05 bits per heavy atom. The first kappa shape index (κ1) is 15.7. The van der Waals surface area contributed by atoms with Gasteiger partial charge >= 0.3 is 11.9 Å². The molecule has 1 aromatic heterocycles. The monoisotopic (exact) mass is 283 g/mol. The van der Waals surface area contributed by atoms with Crippen LogP contribution in [0.5, 0.6) is 0 Å². The van der Waals surface area contributed by atoms with Crippen molar-refractivity contribution >= 4 is 17.8 Å². The summed E-state index contributed by atoms with van der Waals surface area (Å²) in [6.45, 7) is 4.01. The van der Waals surface area contributed by atoms with Crippen LogP contribution in [-0.4, -0.2) is 43.9 Å². The largest absolute Gasteiger partial charge is 0.481 e. The predicted molar refractivity (Wildman–Crippen MR) is 68.4 cm³/mol. The SMILES string of the molecule is CCn1nc(C)cc1C(=O)NC(CCC(=O)O)C(=O)O. The standard InChI is InChI=1S/C12H17N3O5/c1-3-15-9(6-7(2)14-15)11(18)13-8(12(19)20)4-5-10(16)17/h6,8H,3-5H2,1-2H3,(H,13,18)(H,16,17)(H,19,20). The molecule has 1 rings (SSSR count). The van der Waals surface area contributed by atoms with Gasteiger partial charge in [-0.05, 0) is 26.3 Å². The number of amides is 1. The molecule has 0 aliphatic carbocycles. The number of carbonyl (C=O) groups is 3. The summed E-state index contributed by atoms with van der Waals surface area (Å²) in [6, 6.07) is 0.314. The number of hydrogen-bond donors (Lipinski definition) is 3. The van der Waals surface area contributed by atoms with E-state index in [1.165, 1.54) is 4.68 Å². The average molecular weight is 283 g/mol. The van der Waals surface area contributed by atoms with Gasteiger partial charge in [-0.15, -0.1) is 0 Å². The third-order valence-electron chi connectivity index (χ3n) is 2.68. The summed E-state index contributed by atoms with van der Waals surface area (Å²) in [6.07, 6.45) is -0.501. The highest BCUT2D eigenvalue weighted by atomic mass is 16.4. The zero-order valence-electron chi connectivity index (χ0n) is 11.3. The molecule has 1 atom stereocenters. The lowest BCUT2D eigenvalue weighted by molar-refractivity contribution is -0.140. The summed E-state index contributed by atoms with van der Waals surface area (Å²) in [4.78, 5) is 33.5. The Labute approximate surface area is 115 Å². The number of aryl methyl sites for hydroxylation is 2. The molecule has 0 spiro atoms. The molecule has 0 bridgehead atoms. The van der Waals surface area contributed by atoms with E-state index in [0.29, 0.717) is 12.2 Å². The topological polar surface area (TPSA) is 122 Å². The zero-order chi connectivity index (χ0) is 15.3. The molecule has 110 valence electrons. The maximum Gasteiger partial charge on any atom is 0.326 e. The first-order valence-electron chi connectivity index (χ1n) is 6.15. The second kappa shape index (κ2) is 6.69. The highest BCUT2D eigenvalue weighted by molar-refractivity contribution is 5.95. The molecule has 0 aromatic carbocycles. The number of aromatic nitrogens is 2. The Bertz CT molecular complexity index is 523. The van der Waals surface area contributed by atoms with Crippen molar-refractivity contribution in [2.45, 2.75) is 39.3 Å². The normalized spacial score (nSPS) is 11.9. The molecule has 8 heteroatoms. The van der Waals surface area contributed by atoms with E-state index in [-0.39, 0.29) is 18.5 Å². The van der Waals surface area contributed by atoms with Gasteiger partial charge in [-0.2, -0.15) is 5.10 Å². The fraction of sp³-hybridized carbons (Fsp3) is 0.500. The van der Waals surface area contributed by atoms with Crippen molar-refractivity contribution in [2.24, 2.45) is 0 Å². The van der Waals surface area contributed by atoms with Crippen LogP contribution in [0.1, 0.15) is 35.9 Å². The van der Waals surface area contributed by atoms with Crippen molar-refractivity contribution in [3.05, 3.63) is 17.5 Å². The first-order chi connectivity index (χ1) is 9.35. The minimum Gasteiger partial charge on any atom is -0.481 e. The Morgan fingerprint density at radius 3 is 2.55 bits per heavy atom. The summed E-state index contributed by atoms with van der Waals surface area (Å²) >= 11 is 0. The van der Waals surface area contributed by atoms with Gasteiger partial charge < -0.3 is 15.5 Å². The molecule has 0 aliphatic rings. The molecule has 3 N–H and O–H groups in total. The predicted octanol–water partition coefficient (Wildman–Crippen LogP) is 0.259. The van der Waals surface area contributed by atoms with Gasteiger partial charge in [0.25, 0.3) is 5.91 Å². The van der Waals surface area contributed by atoms with Crippen molar-refractivity contribution in [1.29, 1.82) is 0 Å². The summed E-state index contributed by atoms with van der Waals surface area (Å²) in [5.41, 5.74) is 0.904. The summed E-state index contributed by atoms with van der Waals surface area (Å²) < 4.78 is 1.46. The Hall–Kier alpha value is -2.38. The molecule has 0 radical (unpaired) electrons. The smallest absolute Gasteiger partial charge is 0.326 e. The van der Waals surface area contributed by atoms with E-state index in [1.807, 2.05) is 6.92 Å². The van der Waals surface area contributed by atoms with Gasteiger partial charge in [0.05, 0.1) is 5.69 Å². The minimum atomic E-state index is -1.26. The van der Waals surface area contributed by atoms with E-state index < -0.39 is 23.9 Å². The van der Waals surface area contributed by atoms with Gasteiger partial charge in [-0.3, -0.25) is 14.3 Å². The van der Waals surface area contributed by atoms with Crippen LogP contribution >= 0.6 is 0 Å². The van der Waals surface area contributed by atoms with Gasteiger partial charge in [-0.25, -0.2) is 4.79 Å². The van der Waals surface area contributed by atoms with E-state index >= 15 is 0 Å². The quantitative estimate of drug-likeness (QED) is 0.660.